The highest BCUT2D eigenvalue weighted by atomic mass is 32.2. The van der Waals surface area contributed by atoms with Crippen molar-refractivity contribution in [3.8, 4) is 0 Å². The zero-order chi connectivity index (χ0) is 17.2. The maximum absolute atomic E-state index is 11.9. The number of ether oxygens (including phenoxy) is 1. The molecule has 2 heterocycles. The van der Waals surface area contributed by atoms with Crippen molar-refractivity contribution in [2.75, 3.05) is 7.11 Å². The van der Waals surface area contributed by atoms with Gasteiger partial charge >= 0.3 is 5.97 Å². The second kappa shape index (κ2) is 6.61. The molecule has 0 aliphatic heterocycles. The predicted octanol–water partition coefficient (Wildman–Crippen LogP) is 4.57. The molecule has 124 valence electrons. The molecule has 5 heteroatoms. The molecule has 2 aromatic carbocycles. The van der Waals surface area contributed by atoms with E-state index in [2.05, 4.69) is 35.3 Å². The summed E-state index contributed by atoms with van der Waals surface area (Å²) in [5.41, 5.74) is 2.03. The fraction of sp³-hybridized carbons (Fsp3) is 0.100. The number of imidazole rings is 1. The predicted molar refractivity (Wildman–Crippen MR) is 100 cm³/mol. The lowest BCUT2D eigenvalue weighted by Gasteiger charge is -2.02. The number of benzene rings is 2. The van der Waals surface area contributed by atoms with Gasteiger partial charge in [0.1, 0.15) is 5.56 Å². The van der Waals surface area contributed by atoms with Crippen LogP contribution in [0.2, 0.25) is 0 Å². The summed E-state index contributed by atoms with van der Waals surface area (Å²) >= 11 is 1.73. The van der Waals surface area contributed by atoms with E-state index in [1.165, 1.54) is 22.8 Å². The average molecular weight is 348 g/mol. The first-order chi connectivity index (χ1) is 12.2. The molecule has 0 radical (unpaired) electrons. The number of fused-ring (bicyclic) bond motifs is 2. The normalized spacial score (nSPS) is 11.1. The molecule has 0 fully saturated rings. The second-order valence-electron chi connectivity index (χ2n) is 5.67. The summed E-state index contributed by atoms with van der Waals surface area (Å²) in [7, 11) is 1.38. The molecule has 0 saturated carbocycles. The Bertz CT molecular complexity index is 1070. The molecule has 0 aliphatic rings. The number of rotatable bonds is 4. The van der Waals surface area contributed by atoms with E-state index in [9.17, 15) is 4.79 Å². The van der Waals surface area contributed by atoms with Gasteiger partial charge in [0.2, 0.25) is 0 Å². The van der Waals surface area contributed by atoms with Gasteiger partial charge in [-0.15, -0.1) is 11.8 Å². The van der Waals surface area contributed by atoms with Crippen LogP contribution in [0.1, 0.15) is 16.1 Å². The number of hydrogen-bond acceptors (Lipinski definition) is 4. The summed E-state index contributed by atoms with van der Waals surface area (Å²) in [5, 5.41) is 2.47. The zero-order valence-corrected chi connectivity index (χ0v) is 14.5. The van der Waals surface area contributed by atoms with E-state index in [1.807, 2.05) is 35.0 Å². The fourth-order valence-electron chi connectivity index (χ4n) is 2.82. The van der Waals surface area contributed by atoms with Crippen molar-refractivity contribution < 1.29 is 9.53 Å². The number of nitrogens with zero attached hydrogens (tertiary/aromatic N) is 2. The van der Waals surface area contributed by atoms with Crippen LogP contribution in [-0.2, 0) is 10.5 Å². The summed E-state index contributed by atoms with van der Waals surface area (Å²) in [4.78, 5) is 17.7. The molecular weight excluding hydrogens is 332 g/mol. The first-order valence-corrected chi connectivity index (χ1v) is 8.90. The maximum Gasteiger partial charge on any atom is 0.341 e. The molecule has 0 bridgehead atoms. The molecule has 25 heavy (non-hydrogen) atoms. The number of esters is 1. The first kappa shape index (κ1) is 15.7. The van der Waals surface area contributed by atoms with Crippen LogP contribution in [-0.4, -0.2) is 22.5 Å². The van der Waals surface area contributed by atoms with Crippen molar-refractivity contribution in [2.24, 2.45) is 0 Å². The molecule has 0 aliphatic carbocycles. The Kier molecular flexibility index (Phi) is 4.15. The maximum atomic E-state index is 11.9. The number of aromatic nitrogens is 2. The van der Waals surface area contributed by atoms with E-state index in [1.54, 1.807) is 17.8 Å². The number of carbonyl (C=O) groups excluding carboxylic acids is 1. The fourth-order valence-corrected chi connectivity index (χ4v) is 3.65. The van der Waals surface area contributed by atoms with Gasteiger partial charge in [-0.25, -0.2) is 9.78 Å². The van der Waals surface area contributed by atoms with Crippen molar-refractivity contribution in [1.82, 2.24) is 9.38 Å². The van der Waals surface area contributed by atoms with Gasteiger partial charge in [0.25, 0.3) is 0 Å². The Hall–Kier alpha value is -2.79. The Morgan fingerprint density at radius 3 is 2.80 bits per heavy atom. The highest BCUT2D eigenvalue weighted by Gasteiger charge is 2.13. The molecule has 4 nitrogen and oxygen atoms in total. The van der Waals surface area contributed by atoms with Gasteiger partial charge < -0.3 is 9.14 Å². The van der Waals surface area contributed by atoms with E-state index in [0.717, 1.165) is 11.4 Å². The monoisotopic (exact) mass is 348 g/mol. The van der Waals surface area contributed by atoms with Crippen molar-refractivity contribution in [1.29, 1.82) is 0 Å². The number of thioether (sulfide) groups is 1. The third-order valence-corrected chi connectivity index (χ3v) is 5.07. The third-order valence-electron chi connectivity index (χ3n) is 4.05. The van der Waals surface area contributed by atoms with Crippen LogP contribution < -0.4 is 0 Å². The van der Waals surface area contributed by atoms with Crippen LogP contribution in [0.25, 0.3) is 16.4 Å². The van der Waals surface area contributed by atoms with Crippen LogP contribution in [0, 0.1) is 0 Å². The van der Waals surface area contributed by atoms with Crippen molar-refractivity contribution >= 4 is 34.2 Å². The van der Waals surface area contributed by atoms with E-state index in [0.29, 0.717) is 11.2 Å². The summed E-state index contributed by atoms with van der Waals surface area (Å²) in [5.74, 6) is 0.366. The number of pyridine rings is 1. The summed E-state index contributed by atoms with van der Waals surface area (Å²) in [6.07, 6.45) is 3.84. The van der Waals surface area contributed by atoms with E-state index in [4.69, 9.17) is 4.74 Å². The summed E-state index contributed by atoms with van der Waals surface area (Å²) in [6.45, 7) is 0. The Morgan fingerprint density at radius 1 is 1.12 bits per heavy atom. The smallest absolute Gasteiger partial charge is 0.341 e. The van der Waals surface area contributed by atoms with E-state index in [-0.39, 0.29) is 5.97 Å². The van der Waals surface area contributed by atoms with Crippen LogP contribution >= 0.6 is 11.8 Å². The lowest BCUT2D eigenvalue weighted by molar-refractivity contribution is 0.0602. The highest BCUT2D eigenvalue weighted by molar-refractivity contribution is 7.98. The van der Waals surface area contributed by atoms with Gasteiger partial charge in [-0.2, -0.15) is 0 Å². The van der Waals surface area contributed by atoms with E-state index < -0.39 is 0 Å². The van der Waals surface area contributed by atoms with Gasteiger partial charge in [0.15, 0.2) is 5.65 Å². The van der Waals surface area contributed by atoms with Gasteiger partial charge in [0.05, 0.1) is 12.8 Å². The van der Waals surface area contributed by atoms with Gasteiger partial charge in [-0.3, -0.25) is 0 Å². The largest absolute Gasteiger partial charge is 0.465 e. The van der Waals surface area contributed by atoms with Crippen molar-refractivity contribution in [2.45, 2.75) is 10.6 Å². The van der Waals surface area contributed by atoms with Gasteiger partial charge in [0, 0.05) is 23.0 Å². The second-order valence-corrected chi connectivity index (χ2v) is 6.72. The number of methoxy groups -OCH3 is 1. The zero-order valence-electron chi connectivity index (χ0n) is 13.7. The van der Waals surface area contributed by atoms with Crippen molar-refractivity contribution in [3.63, 3.8) is 0 Å². The Balaban J connectivity index is 1.59. The minimum atomic E-state index is -0.370. The molecule has 0 atom stereocenters. The standard InChI is InChI=1S/C20H16N2O2S/c1-24-20(23)18-7-4-10-22-12-16(21-19(18)22)13-25-17-9-8-14-5-2-3-6-15(14)11-17/h2-12H,13H2,1H3. The topological polar surface area (TPSA) is 43.6 Å². The van der Waals surface area contributed by atoms with Gasteiger partial charge in [-0.05, 0) is 35.0 Å². The molecule has 2 aromatic heterocycles. The molecule has 0 saturated heterocycles. The molecule has 4 rings (SSSR count). The van der Waals surface area contributed by atoms with Crippen LogP contribution in [0.3, 0.4) is 0 Å². The average Bonchev–Trinajstić information content (AvgIpc) is 3.08. The minimum absolute atomic E-state index is 0.370. The van der Waals surface area contributed by atoms with Crippen molar-refractivity contribution in [3.05, 3.63) is 78.2 Å². The van der Waals surface area contributed by atoms with E-state index >= 15 is 0 Å². The molecule has 0 spiro atoms. The third kappa shape index (κ3) is 3.10. The molecular formula is C20H16N2O2S. The lowest BCUT2D eigenvalue weighted by Crippen LogP contribution is -2.03. The first-order valence-electron chi connectivity index (χ1n) is 7.91. The highest BCUT2D eigenvalue weighted by Crippen LogP contribution is 2.26. The molecule has 0 unspecified atom stereocenters. The number of carbonyl (C=O) groups is 1. The van der Waals surface area contributed by atoms with Crippen LogP contribution in [0.15, 0.2) is 71.9 Å². The van der Waals surface area contributed by atoms with Crippen LogP contribution in [0.4, 0.5) is 0 Å². The quantitative estimate of drug-likeness (QED) is 0.400. The lowest BCUT2D eigenvalue weighted by atomic mass is 10.1. The Labute approximate surface area is 149 Å². The van der Waals surface area contributed by atoms with Crippen LogP contribution in [0.5, 0.6) is 0 Å². The minimum Gasteiger partial charge on any atom is -0.465 e. The Morgan fingerprint density at radius 2 is 1.96 bits per heavy atom. The molecule has 0 N–H and O–H groups in total. The molecule has 0 amide bonds. The SMILES string of the molecule is COC(=O)c1cccn2cc(CSc3ccc4ccccc4c3)nc12. The molecule has 4 aromatic rings. The van der Waals surface area contributed by atoms with Gasteiger partial charge in [-0.1, -0.05) is 30.3 Å². The summed E-state index contributed by atoms with van der Waals surface area (Å²) in [6, 6.07) is 18.3. The number of hydrogen-bond donors (Lipinski definition) is 0. The summed E-state index contributed by atoms with van der Waals surface area (Å²) < 4.78 is 6.69.